The number of hydrogen-bond donors (Lipinski definition) is 0. The van der Waals surface area contributed by atoms with Gasteiger partial charge < -0.3 is 4.74 Å². The molecule has 0 aliphatic carbocycles. The molecule has 0 N–H and O–H groups in total. The topological polar surface area (TPSA) is 56.8 Å². The van der Waals surface area contributed by atoms with E-state index in [4.69, 9.17) is 15.3 Å². The molecule has 0 unspecified atom stereocenters. The Balaban J connectivity index is 2.29. The molecule has 2 aromatic rings. The minimum absolute atomic E-state index is 0.539. The fraction of sp³-hybridized carbons (Fsp3) is 0. The Hall–Kier alpha value is -2.30. The van der Waals surface area contributed by atoms with Gasteiger partial charge in [0.15, 0.2) is 0 Å². The van der Waals surface area contributed by atoms with Gasteiger partial charge in [0.1, 0.15) is 11.5 Å². The summed E-state index contributed by atoms with van der Waals surface area (Å²) >= 11 is 3.34. The van der Waals surface area contributed by atoms with Crippen molar-refractivity contribution in [1.29, 1.82) is 10.5 Å². The molecule has 0 aromatic heterocycles. The quantitative estimate of drug-likeness (QED) is 0.842. The second kappa shape index (κ2) is 5.35. The molecule has 0 atom stereocenters. The van der Waals surface area contributed by atoms with Crippen molar-refractivity contribution in [2.45, 2.75) is 0 Å². The van der Waals surface area contributed by atoms with Crippen molar-refractivity contribution in [1.82, 2.24) is 0 Å². The lowest BCUT2D eigenvalue weighted by atomic mass is 10.2. The van der Waals surface area contributed by atoms with Gasteiger partial charge in [-0.15, -0.1) is 0 Å². The first-order valence-electron chi connectivity index (χ1n) is 5.10. The zero-order chi connectivity index (χ0) is 13.0. The van der Waals surface area contributed by atoms with Gasteiger partial charge in [-0.25, -0.2) is 0 Å². The van der Waals surface area contributed by atoms with Crippen LogP contribution >= 0.6 is 15.9 Å². The lowest BCUT2D eigenvalue weighted by Gasteiger charge is -2.07. The summed E-state index contributed by atoms with van der Waals surface area (Å²) in [6.45, 7) is 0. The van der Waals surface area contributed by atoms with Crippen LogP contribution in [0.4, 0.5) is 0 Å². The van der Waals surface area contributed by atoms with Gasteiger partial charge in [-0.1, -0.05) is 6.07 Å². The lowest BCUT2D eigenvalue weighted by molar-refractivity contribution is 0.479. The molecule has 0 amide bonds. The van der Waals surface area contributed by atoms with Crippen LogP contribution in [0.3, 0.4) is 0 Å². The molecule has 0 aliphatic heterocycles. The zero-order valence-corrected chi connectivity index (χ0v) is 10.8. The molecule has 0 fully saturated rings. The number of hydrogen-bond acceptors (Lipinski definition) is 3. The van der Waals surface area contributed by atoms with Crippen LogP contribution in [-0.2, 0) is 0 Å². The van der Waals surface area contributed by atoms with Gasteiger partial charge in [0.05, 0.1) is 27.7 Å². The van der Waals surface area contributed by atoms with Gasteiger partial charge in [0, 0.05) is 0 Å². The maximum atomic E-state index is 8.80. The Morgan fingerprint density at radius 3 is 2.33 bits per heavy atom. The highest BCUT2D eigenvalue weighted by atomic mass is 79.9. The van der Waals surface area contributed by atoms with Crippen LogP contribution in [0.15, 0.2) is 46.9 Å². The van der Waals surface area contributed by atoms with Crippen molar-refractivity contribution in [2.75, 3.05) is 0 Å². The van der Waals surface area contributed by atoms with Crippen molar-refractivity contribution in [2.24, 2.45) is 0 Å². The van der Waals surface area contributed by atoms with Gasteiger partial charge in [0.2, 0.25) is 0 Å². The van der Waals surface area contributed by atoms with Crippen LogP contribution in [0.5, 0.6) is 11.5 Å². The van der Waals surface area contributed by atoms with E-state index in [1.54, 1.807) is 42.5 Å². The molecule has 0 heterocycles. The molecular weight excluding hydrogens is 292 g/mol. The highest BCUT2D eigenvalue weighted by molar-refractivity contribution is 9.10. The van der Waals surface area contributed by atoms with Crippen molar-refractivity contribution >= 4 is 15.9 Å². The Bertz CT molecular complexity index is 668. The van der Waals surface area contributed by atoms with E-state index in [1.165, 1.54) is 0 Å². The molecule has 18 heavy (non-hydrogen) atoms. The van der Waals surface area contributed by atoms with E-state index in [2.05, 4.69) is 22.0 Å². The Morgan fingerprint density at radius 1 is 0.944 bits per heavy atom. The van der Waals surface area contributed by atoms with Crippen LogP contribution in [0.1, 0.15) is 11.1 Å². The highest BCUT2D eigenvalue weighted by Gasteiger charge is 2.04. The molecule has 0 spiro atoms. The Labute approximate surface area is 113 Å². The molecule has 0 radical (unpaired) electrons. The second-order valence-electron chi connectivity index (χ2n) is 3.50. The first kappa shape index (κ1) is 12.2. The van der Waals surface area contributed by atoms with Crippen LogP contribution in [0, 0.1) is 22.7 Å². The second-order valence-corrected chi connectivity index (χ2v) is 4.35. The molecule has 2 aromatic carbocycles. The summed E-state index contributed by atoms with van der Waals surface area (Å²) in [6, 6.07) is 16.1. The molecule has 0 bridgehead atoms. The molecule has 2 rings (SSSR count). The van der Waals surface area contributed by atoms with Crippen LogP contribution in [0.2, 0.25) is 0 Å². The minimum atomic E-state index is 0.539. The smallest absolute Gasteiger partial charge is 0.141 e. The van der Waals surface area contributed by atoms with E-state index in [0.29, 0.717) is 27.1 Å². The standard InChI is InChI=1S/C14H7BrN2O/c15-13-7-11(9-17)4-5-14(13)18-12-3-1-2-10(6-12)8-16/h1-7H. The van der Waals surface area contributed by atoms with Crippen LogP contribution < -0.4 is 4.74 Å². The molecule has 0 saturated heterocycles. The lowest BCUT2D eigenvalue weighted by Crippen LogP contribution is -1.87. The third-order valence-corrected chi connectivity index (χ3v) is 2.87. The van der Waals surface area contributed by atoms with E-state index < -0.39 is 0 Å². The van der Waals surface area contributed by atoms with Crippen molar-refractivity contribution in [3.63, 3.8) is 0 Å². The minimum Gasteiger partial charge on any atom is -0.456 e. The summed E-state index contributed by atoms with van der Waals surface area (Å²) in [4.78, 5) is 0. The van der Waals surface area contributed by atoms with E-state index in [1.807, 2.05) is 6.07 Å². The zero-order valence-electron chi connectivity index (χ0n) is 9.22. The van der Waals surface area contributed by atoms with E-state index >= 15 is 0 Å². The maximum absolute atomic E-state index is 8.80. The van der Waals surface area contributed by atoms with Crippen molar-refractivity contribution in [3.8, 4) is 23.6 Å². The molecule has 0 aliphatic rings. The Morgan fingerprint density at radius 2 is 1.67 bits per heavy atom. The fourth-order valence-corrected chi connectivity index (χ4v) is 1.87. The van der Waals surface area contributed by atoms with Crippen LogP contribution in [0.25, 0.3) is 0 Å². The van der Waals surface area contributed by atoms with Gasteiger partial charge in [0.25, 0.3) is 0 Å². The van der Waals surface area contributed by atoms with Crippen LogP contribution in [-0.4, -0.2) is 0 Å². The first-order valence-corrected chi connectivity index (χ1v) is 5.90. The normalized spacial score (nSPS) is 9.28. The predicted molar refractivity (Wildman–Crippen MR) is 70.1 cm³/mol. The molecule has 4 heteroatoms. The molecule has 3 nitrogen and oxygen atoms in total. The molecule has 0 saturated carbocycles. The summed E-state index contributed by atoms with van der Waals surface area (Å²) in [7, 11) is 0. The summed E-state index contributed by atoms with van der Waals surface area (Å²) < 4.78 is 6.34. The highest BCUT2D eigenvalue weighted by Crippen LogP contribution is 2.30. The van der Waals surface area contributed by atoms with Crippen molar-refractivity contribution in [3.05, 3.63) is 58.1 Å². The Kier molecular flexibility index (Phi) is 3.62. The van der Waals surface area contributed by atoms with E-state index in [0.717, 1.165) is 0 Å². The summed E-state index contributed by atoms with van der Waals surface area (Å²) in [6.07, 6.45) is 0. The number of nitrogens with zero attached hydrogens (tertiary/aromatic N) is 2. The summed E-state index contributed by atoms with van der Waals surface area (Å²) in [5, 5.41) is 17.6. The average Bonchev–Trinajstić information content (AvgIpc) is 2.41. The van der Waals surface area contributed by atoms with Crippen molar-refractivity contribution < 1.29 is 4.74 Å². The third-order valence-electron chi connectivity index (χ3n) is 2.25. The van der Waals surface area contributed by atoms with Gasteiger partial charge in [-0.3, -0.25) is 0 Å². The van der Waals surface area contributed by atoms with E-state index in [-0.39, 0.29) is 0 Å². The predicted octanol–water partition coefficient (Wildman–Crippen LogP) is 3.98. The number of halogens is 1. The fourth-order valence-electron chi connectivity index (χ4n) is 1.41. The van der Waals surface area contributed by atoms with Gasteiger partial charge in [-0.2, -0.15) is 10.5 Å². The number of benzene rings is 2. The first-order chi connectivity index (χ1) is 8.72. The molecular formula is C14H7BrN2O. The number of ether oxygens (including phenoxy) is 1. The summed E-state index contributed by atoms with van der Waals surface area (Å²) in [5.41, 5.74) is 1.09. The maximum Gasteiger partial charge on any atom is 0.141 e. The third kappa shape index (κ3) is 2.68. The van der Waals surface area contributed by atoms with E-state index in [9.17, 15) is 0 Å². The molecule has 86 valence electrons. The number of rotatable bonds is 2. The average molecular weight is 299 g/mol. The number of nitriles is 2. The SMILES string of the molecule is N#Cc1cccc(Oc2ccc(C#N)cc2Br)c1. The largest absolute Gasteiger partial charge is 0.456 e. The summed E-state index contributed by atoms with van der Waals surface area (Å²) in [5.74, 6) is 1.18. The monoisotopic (exact) mass is 298 g/mol. The van der Waals surface area contributed by atoms with Gasteiger partial charge >= 0.3 is 0 Å². The van der Waals surface area contributed by atoms with Gasteiger partial charge in [-0.05, 0) is 52.3 Å².